The van der Waals surface area contributed by atoms with Gasteiger partial charge in [-0.15, -0.1) is 10.2 Å². The zero-order chi connectivity index (χ0) is 33.5. The minimum Gasteiger partial charge on any atom is -0.507 e. The summed E-state index contributed by atoms with van der Waals surface area (Å²) in [5.41, 5.74) is 2.91. The highest BCUT2D eigenvalue weighted by Crippen LogP contribution is 2.44. The first-order chi connectivity index (χ1) is 23.4. The first kappa shape index (κ1) is 33.3. The Kier molecular flexibility index (Phi) is 10.7. The van der Waals surface area contributed by atoms with Gasteiger partial charge in [0.1, 0.15) is 23.9 Å². The third-order valence-corrected chi connectivity index (χ3v) is 10.2. The summed E-state index contributed by atoms with van der Waals surface area (Å²) in [6.07, 6.45) is 1.93. The first-order valence-corrected chi connectivity index (χ1v) is 17.6. The van der Waals surface area contributed by atoms with Gasteiger partial charge in [-0.2, -0.15) is 0 Å². The Morgan fingerprint density at radius 3 is 2.31 bits per heavy atom. The molecule has 8 nitrogen and oxygen atoms in total. The van der Waals surface area contributed by atoms with Crippen molar-refractivity contribution in [2.75, 3.05) is 11.5 Å². The second-order valence-electron chi connectivity index (χ2n) is 11.0. The lowest BCUT2D eigenvalue weighted by molar-refractivity contribution is -0.132. The van der Waals surface area contributed by atoms with Crippen LogP contribution in [0.4, 0.5) is 5.13 Å². The number of hydrogen-bond donors (Lipinski definition) is 1. The number of rotatable bonds is 13. The monoisotopic (exact) mass is 697 g/mol. The number of ether oxygens (including phenoxy) is 2. The number of carbonyl (C=O) groups is 2. The third-order valence-electron chi connectivity index (χ3n) is 7.69. The highest BCUT2D eigenvalue weighted by molar-refractivity contribution is 8.00. The largest absolute Gasteiger partial charge is 0.507 e. The molecule has 5 aromatic rings. The summed E-state index contributed by atoms with van der Waals surface area (Å²) in [6.45, 7) is 3.05. The van der Waals surface area contributed by atoms with E-state index in [4.69, 9.17) is 21.1 Å². The molecule has 1 saturated heterocycles. The fourth-order valence-electron chi connectivity index (χ4n) is 5.14. The molecule has 1 aromatic heterocycles. The molecule has 0 bridgehead atoms. The number of aliphatic hydroxyl groups is 1. The maximum Gasteiger partial charge on any atom is 0.301 e. The molecule has 1 amide bonds. The number of aliphatic hydroxyl groups excluding tert-OH is 1. The number of nitrogens with zero attached hydrogens (tertiary/aromatic N) is 3. The van der Waals surface area contributed by atoms with Crippen molar-refractivity contribution in [1.82, 2.24) is 10.2 Å². The fraction of sp³-hybridized carbons (Fsp3) is 0.189. The number of ketones is 1. The van der Waals surface area contributed by atoms with Gasteiger partial charge in [0.15, 0.2) is 4.34 Å². The molecular weight excluding hydrogens is 666 g/mol. The van der Waals surface area contributed by atoms with Gasteiger partial charge in [-0.25, -0.2) is 0 Å². The van der Waals surface area contributed by atoms with Crippen molar-refractivity contribution in [3.63, 3.8) is 0 Å². The molecule has 0 saturated carbocycles. The van der Waals surface area contributed by atoms with E-state index in [1.54, 1.807) is 48.5 Å². The minimum absolute atomic E-state index is 0.0434. The van der Waals surface area contributed by atoms with Crippen LogP contribution in [0, 0.1) is 0 Å². The van der Waals surface area contributed by atoms with E-state index in [9.17, 15) is 14.7 Å². The van der Waals surface area contributed by atoms with Gasteiger partial charge in [-0.05, 0) is 65.6 Å². The quantitative estimate of drug-likeness (QED) is 0.0325. The number of benzene rings is 4. The number of Topliss-reactive ketones (excluding diaryl/α,β-unsaturated/α-hetero) is 1. The number of aromatic nitrogens is 2. The SMILES string of the molecule is CCCCOc1ccc(C(O)=C2C(=O)C(=O)N(c3nnc(SCc4ccccc4Cl)s3)[C@@H]2c2ccc(OCc3ccccc3)cc2)cc1. The molecule has 48 heavy (non-hydrogen) atoms. The van der Waals surface area contributed by atoms with Crippen molar-refractivity contribution in [2.24, 2.45) is 0 Å². The van der Waals surface area contributed by atoms with E-state index in [1.807, 2.05) is 54.6 Å². The average Bonchev–Trinajstić information content (AvgIpc) is 3.69. The molecule has 6 rings (SSSR count). The Morgan fingerprint density at radius 1 is 0.896 bits per heavy atom. The Morgan fingerprint density at radius 2 is 1.58 bits per heavy atom. The summed E-state index contributed by atoms with van der Waals surface area (Å²) in [5.74, 6) is -0.0802. The van der Waals surface area contributed by atoms with Crippen LogP contribution in [0.3, 0.4) is 0 Å². The topological polar surface area (TPSA) is 102 Å². The number of amides is 1. The highest BCUT2D eigenvalue weighted by atomic mass is 35.5. The molecule has 1 N–H and O–H groups in total. The summed E-state index contributed by atoms with van der Waals surface area (Å²) >= 11 is 8.96. The molecule has 1 atom stereocenters. The summed E-state index contributed by atoms with van der Waals surface area (Å²) in [4.78, 5) is 28.7. The molecule has 1 aliphatic rings. The van der Waals surface area contributed by atoms with Crippen molar-refractivity contribution < 1.29 is 24.2 Å². The van der Waals surface area contributed by atoms with Crippen molar-refractivity contribution in [3.05, 3.63) is 136 Å². The fourth-order valence-corrected chi connectivity index (χ4v) is 7.30. The average molecular weight is 698 g/mol. The molecule has 1 aliphatic heterocycles. The molecule has 0 unspecified atom stereocenters. The van der Waals surface area contributed by atoms with E-state index in [1.165, 1.54) is 28.0 Å². The zero-order valence-electron chi connectivity index (χ0n) is 26.0. The van der Waals surface area contributed by atoms with Crippen LogP contribution >= 0.6 is 34.7 Å². The zero-order valence-corrected chi connectivity index (χ0v) is 28.4. The lowest BCUT2D eigenvalue weighted by Crippen LogP contribution is -2.29. The van der Waals surface area contributed by atoms with Gasteiger partial charge >= 0.3 is 5.91 Å². The van der Waals surface area contributed by atoms with Gasteiger partial charge in [0.05, 0.1) is 18.2 Å². The van der Waals surface area contributed by atoms with Crippen LogP contribution in [0.25, 0.3) is 5.76 Å². The number of thioether (sulfide) groups is 1. The van der Waals surface area contributed by atoms with E-state index >= 15 is 0 Å². The molecule has 0 radical (unpaired) electrons. The van der Waals surface area contributed by atoms with Crippen LogP contribution in [-0.2, 0) is 21.9 Å². The van der Waals surface area contributed by atoms with Crippen molar-refractivity contribution in [2.45, 2.75) is 42.5 Å². The van der Waals surface area contributed by atoms with Crippen molar-refractivity contribution in [3.8, 4) is 11.5 Å². The van der Waals surface area contributed by atoms with Gasteiger partial charge in [0.25, 0.3) is 5.78 Å². The molecule has 0 spiro atoms. The number of carbonyl (C=O) groups excluding carboxylic acids is 2. The molecule has 11 heteroatoms. The number of unbranched alkanes of at least 4 members (excludes halogenated alkanes) is 1. The van der Waals surface area contributed by atoms with E-state index in [2.05, 4.69) is 17.1 Å². The smallest absolute Gasteiger partial charge is 0.301 e. The summed E-state index contributed by atoms with van der Waals surface area (Å²) in [5, 5.41) is 21.1. The first-order valence-electron chi connectivity index (χ1n) is 15.4. The number of anilines is 1. The van der Waals surface area contributed by atoms with Crippen LogP contribution in [0.1, 0.15) is 48.1 Å². The van der Waals surface area contributed by atoms with E-state index < -0.39 is 17.7 Å². The van der Waals surface area contributed by atoms with Crippen LogP contribution < -0.4 is 14.4 Å². The van der Waals surface area contributed by atoms with Gasteiger partial charge in [0, 0.05) is 16.3 Å². The van der Waals surface area contributed by atoms with Crippen LogP contribution in [0.5, 0.6) is 11.5 Å². The van der Waals surface area contributed by atoms with E-state index in [0.29, 0.717) is 51.0 Å². The number of halogens is 1. The van der Waals surface area contributed by atoms with E-state index in [0.717, 1.165) is 24.0 Å². The second-order valence-corrected chi connectivity index (χ2v) is 13.6. The maximum absolute atomic E-state index is 13.7. The lowest BCUT2D eigenvalue weighted by Gasteiger charge is -2.22. The van der Waals surface area contributed by atoms with Crippen LogP contribution in [0.2, 0.25) is 5.02 Å². The van der Waals surface area contributed by atoms with Gasteiger partial charge in [-0.3, -0.25) is 14.5 Å². The molecule has 4 aromatic carbocycles. The number of hydrogen-bond acceptors (Lipinski definition) is 9. The summed E-state index contributed by atoms with van der Waals surface area (Å²) in [6, 6.07) is 30.4. The Balaban J connectivity index is 1.32. The van der Waals surface area contributed by atoms with E-state index in [-0.39, 0.29) is 16.5 Å². The van der Waals surface area contributed by atoms with Gasteiger partial charge in [0.2, 0.25) is 5.13 Å². The Labute approximate surface area is 292 Å². The lowest BCUT2D eigenvalue weighted by atomic mass is 9.95. The second kappa shape index (κ2) is 15.5. The van der Waals surface area contributed by atoms with Gasteiger partial charge < -0.3 is 14.6 Å². The standard InChI is InChI=1S/C37H32ClN3O5S2/c1-2-3-21-45-28-19-15-26(16-20-28)33(42)31-32(25-13-17-29(18-14-25)46-22-24-9-5-4-6-10-24)41(35(44)34(31)43)36-39-40-37(48-36)47-23-27-11-7-8-12-30(27)38/h4-20,32,42H,2-3,21-23H2,1H3/t32-/m1/s1. The van der Waals surface area contributed by atoms with Crippen LogP contribution in [-0.4, -0.2) is 33.6 Å². The summed E-state index contributed by atoms with van der Waals surface area (Å²) < 4.78 is 12.3. The molecule has 2 heterocycles. The predicted molar refractivity (Wildman–Crippen MR) is 190 cm³/mol. The Bertz CT molecular complexity index is 1910. The third kappa shape index (κ3) is 7.57. The predicted octanol–water partition coefficient (Wildman–Crippen LogP) is 8.87. The van der Waals surface area contributed by atoms with Crippen molar-refractivity contribution >= 4 is 57.3 Å². The highest BCUT2D eigenvalue weighted by Gasteiger charge is 2.48. The summed E-state index contributed by atoms with van der Waals surface area (Å²) in [7, 11) is 0. The minimum atomic E-state index is -0.956. The molecular formula is C37H32ClN3O5S2. The normalized spacial score (nSPS) is 15.5. The van der Waals surface area contributed by atoms with Crippen molar-refractivity contribution in [1.29, 1.82) is 0 Å². The molecule has 244 valence electrons. The van der Waals surface area contributed by atoms with Gasteiger partial charge in [-0.1, -0.05) is 109 Å². The van der Waals surface area contributed by atoms with Crippen LogP contribution in [0.15, 0.2) is 113 Å². The Hall–Kier alpha value is -4.64. The maximum atomic E-state index is 13.7. The molecule has 0 aliphatic carbocycles. The molecule has 1 fully saturated rings.